The van der Waals surface area contributed by atoms with E-state index in [4.69, 9.17) is 9.84 Å². The minimum absolute atomic E-state index is 0.0742. The monoisotopic (exact) mass is 224 g/mol. The molecule has 2 N–H and O–H groups in total. The molecule has 0 bridgehead atoms. The Kier molecular flexibility index (Phi) is 3.42. The van der Waals surface area contributed by atoms with E-state index in [1.807, 2.05) is 6.07 Å². The van der Waals surface area contributed by atoms with Gasteiger partial charge in [0, 0.05) is 5.56 Å². The summed E-state index contributed by atoms with van der Waals surface area (Å²) >= 11 is 0. The Morgan fingerprint density at radius 1 is 1.38 bits per heavy atom. The van der Waals surface area contributed by atoms with Crippen molar-refractivity contribution in [3.8, 4) is 11.5 Å². The first-order valence-electron chi connectivity index (χ1n) is 5.00. The largest absolute Gasteiger partial charge is 0.504 e. The molecule has 0 amide bonds. The summed E-state index contributed by atoms with van der Waals surface area (Å²) in [6.45, 7) is 5.13. The molecule has 1 atom stereocenters. The van der Waals surface area contributed by atoms with E-state index in [1.165, 1.54) is 7.11 Å². The number of phenolic OH excluding ortho intramolecular Hbond substituents is 1. The third-order valence-electron chi connectivity index (χ3n) is 2.69. The van der Waals surface area contributed by atoms with Crippen molar-refractivity contribution >= 4 is 5.97 Å². The molecule has 1 rings (SSSR count). The van der Waals surface area contributed by atoms with Crippen LogP contribution in [0.25, 0.3) is 0 Å². The fourth-order valence-corrected chi connectivity index (χ4v) is 1.89. The van der Waals surface area contributed by atoms with Crippen LogP contribution in [-0.4, -0.2) is 23.3 Å². The number of phenols is 1. The molecule has 0 aromatic heterocycles. The standard InChI is InChI=1S/C12H16O4/c1-6-5-7(2)11(16-4)10(13)9(6)8(3)12(14)15/h5,8,13H,1-4H3,(H,14,15). The molecule has 0 spiro atoms. The van der Waals surface area contributed by atoms with E-state index in [-0.39, 0.29) is 5.75 Å². The minimum Gasteiger partial charge on any atom is -0.504 e. The molecule has 0 aliphatic rings. The van der Waals surface area contributed by atoms with Gasteiger partial charge in [0.2, 0.25) is 0 Å². The number of aliphatic carboxylic acids is 1. The van der Waals surface area contributed by atoms with Gasteiger partial charge in [-0.1, -0.05) is 6.07 Å². The van der Waals surface area contributed by atoms with Gasteiger partial charge in [0.1, 0.15) is 0 Å². The Morgan fingerprint density at radius 2 is 1.94 bits per heavy atom. The number of carbonyl (C=O) groups is 1. The van der Waals surface area contributed by atoms with Gasteiger partial charge in [0.15, 0.2) is 11.5 Å². The number of ether oxygens (including phenoxy) is 1. The number of benzene rings is 1. The highest BCUT2D eigenvalue weighted by molar-refractivity contribution is 5.78. The van der Waals surface area contributed by atoms with Crippen LogP contribution in [0.1, 0.15) is 29.5 Å². The van der Waals surface area contributed by atoms with Crippen LogP contribution in [0.5, 0.6) is 11.5 Å². The van der Waals surface area contributed by atoms with E-state index in [1.54, 1.807) is 20.8 Å². The first kappa shape index (κ1) is 12.4. The highest BCUT2D eigenvalue weighted by Gasteiger charge is 2.23. The zero-order valence-electron chi connectivity index (χ0n) is 9.87. The third-order valence-corrected chi connectivity index (χ3v) is 2.69. The molecule has 0 aliphatic carbocycles. The quantitative estimate of drug-likeness (QED) is 0.826. The fraction of sp³-hybridized carbons (Fsp3) is 0.417. The molecular formula is C12H16O4. The molecule has 4 heteroatoms. The van der Waals surface area contributed by atoms with Crippen LogP contribution in [-0.2, 0) is 4.79 Å². The van der Waals surface area contributed by atoms with Gasteiger partial charge in [0.25, 0.3) is 0 Å². The van der Waals surface area contributed by atoms with Crippen molar-refractivity contribution in [1.82, 2.24) is 0 Å². The second-order valence-electron chi connectivity index (χ2n) is 3.87. The molecular weight excluding hydrogens is 208 g/mol. The number of methoxy groups -OCH3 is 1. The summed E-state index contributed by atoms with van der Waals surface area (Å²) in [5.41, 5.74) is 1.96. The maximum Gasteiger partial charge on any atom is 0.310 e. The molecule has 88 valence electrons. The molecule has 1 aromatic rings. The molecule has 0 radical (unpaired) electrons. The average molecular weight is 224 g/mol. The van der Waals surface area contributed by atoms with E-state index in [2.05, 4.69) is 0 Å². The summed E-state index contributed by atoms with van der Waals surface area (Å²) in [5.74, 6) is -1.46. The molecule has 16 heavy (non-hydrogen) atoms. The molecule has 0 saturated heterocycles. The van der Waals surface area contributed by atoms with Crippen molar-refractivity contribution in [2.75, 3.05) is 7.11 Å². The average Bonchev–Trinajstić information content (AvgIpc) is 2.17. The second kappa shape index (κ2) is 4.43. The van der Waals surface area contributed by atoms with Crippen molar-refractivity contribution in [3.63, 3.8) is 0 Å². The maximum atomic E-state index is 10.9. The minimum atomic E-state index is -0.968. The lowest BCUT2D eigenvalue weighted by molar-refractivity contribution is -0.138. The van der Waals surface area contributed by atoms with Gasteiger partial charge >= 0.3 is 5.97 Å². The maximum absolute atomic E-state index is 10.9. The van der Waals surface area contributed by atoms with Crippen LogP contribution in [0.15, 0.2) is 6.07 Å². The molecule has 1 unspecified atom stereocenters. The van der Waals surface area contributed by atoms with Crippen molar-refractivity contribution in [2.24, 2.45) is 0 Å². The number of hydrogen-bond donors (Lipinski definition) is 2. The second-order valence-corrected chi connectivity index (χ2v) is 3.87. The van der Waals surface area contributed by atoms with Crippen molar-refractivity contribution in [3.05, 3.63) is 22.8 Å². The Bertz CT molecular complexity index is 424. The lowest BCUT2D eigenvalue weighted by atomic mass is 9.93. The Balaban J connectivity index is 3.45. The van der Waals surface area contributed by atoms with E-state index >= 15 is 0 Å². The number of aryl methyl sites for hydroxylation is 2. The van der Waals surface area contributed by atoms with Crippen molar-refractivity contribution < 1.29 is 19.7 Å². The first-order valence-corrected chi connectivity index (χ1v) is 5.00. The van der Waals surface area contributed by atoms with Gasteiger partial charge in [-0.05, 0) is 31.9 Å². The van der Waals surface area contributed by atoms with Crippen LogP contribution >= 0.6 is 0 Å². The molecule has 0 saturated carbocycles. The molecule has 4 nitrogen and oxygen atoms in total. The van der Waals surface area contributed by atoms with Crippen molar-refractivity contribution in [1.29, 1.82) is 0 Å². The Labute approximate surface area is 94.5 Å². The fourth-order valence-electron chi connectivity index (χ4n) is 1.89. The summed E-state index contributed by atoms with van der Waals surface area (Å²) in [5, 5.41) is 18.9. The normalized spacial score (nSPS) is 12.2. The molecule has 0 fully saturated rings. The predicted octanol–water partition coefficient (Wildman–Crippen LogP) is 2.21. The first-order chi connectivity index (χ1) is 7.40. The lowest BCUT2D eigenvalue weighted by Gasteiger charge is -2.17. The SMILES string of the molecule is COc1c(C)cc(C)c(C(C)C(=O)O)c1O. The number of aromatic hydroxyl groups is 1. The predicted molar refractivity (Wildman–Crippen MR) is 60.2 cm³/mol. The van der Waals surface area contributed by atoms with E-state index in [9.17, 15) is 9.90 Å². The van der Waals surface area contributed by atoms with Gasteiger partial charge < -0.3 is 14.9 Å². The van der Waals surface area contributed by atoms with E-state index < -0.39 is 11.9 Å². The van der Waals surface area contributed by atoms with Crippen LogP contribution in [0, 0.1) is 13.8 Å². The third kappa shape index (κ3) is 1.96. The van der Waals surface area contributed by atoms with Crippen LogP contribution < -0.4 is 4.74 Å². The number of rotatable bonds is 3. The number of carboxylic acid groups (broad SMARTS) is 1. The summed E-state index contributed by atoms with van der Waals surface area (Å²) in [6.07, 6.45) is 0. The lowest BCUT2D eigenvalue weighted by Crippen LogP contribution is -2.10. The van der Waals surface area contributed by atoms with Crippen LogP contribution in [0.2, 0.25) is 0 Å². The zero-order chi connectivity index (χ0) is 12.5. The number of carboxylic acids is 1. The topological polar surface area (TPSA) is 66.8 Å². The van der Waals surface area contributed by atoms with Crippen LogP contribution in [0.3, 0.4) is 0 Å². The Morgan fingerprint density at radius 3 is 2.38 bits per heavy atom. The van der Waals surface area contributed by atoms with Crippen LogP contribution in [0.4, 0.5) is 0 Å². The van der Waals surface area contributed by atoms with Gasteiger partial charge in [-0.2, -0.15) is 0 Å². The van der Waals surface area contributed by atoms with Crippen molar-refractivity contribution in [2.45, 2.75) is 26.7 Å². The smallest absolute Gasteiger partial charge is 0.310 e. The molecule has 0 aliphatic heterocycles. The van der Waals surface area contributed by atoms with E-state index in [0.29, 0.717) is 11.3 Å². The van der Waals surface area contributed by atoms with Gasteiger partial charge in [-0.3, -0.25) is 4.79 Å². The number of hydrogen-bond acceptors (Lipinski definition) is 3. The molecule has 0 heterocycles. The summed E-state index contributed by atoms with van der Waals surface area (Å²) in [7, 11) is 1.45. The van der Waals surface area contributed by atoms with Gasteiger partial charge in [-0.15, -0.1) is 0 Å². The summed E-state index contributed by atoms with van der Waals surface area (Å²) < 4.78 is 5.06. The van der Waals surface area contributed by atoms with Gasteiger partial charge in [0.05, 0.1) is 13.0 Å². The summed E-state index contributed by atoms with van der Waals surface area (Å²) in [4.78, 5) is 10.9. The highest BCUT2D eigenvalue weighted by Crippen LogP contribution is 2.39. The zero-order valence-corrected chi connectivity index (χ0v) is 9.87. The van der Waals surface area contributed by atoms with Gasteiger partial charge in [-0.25, -0.2) is 0 Å². The highest BCUT2D eigenvalue weighted by atomic mass is 16.5. The Hall–Kier alpha value is -1.71. The summed E-state index contributed by atoms with van der Waals surface area (Å²) in [6, 6.07) is 1.81. The molecule has 1 aromatic carbocycles. The van der Waals surface area contributed by atoms with E-state index in [0.717, 1.165) is 11.1 Å².